The van der Waals surface area contributed by atoms with Gasteiger partial charge in [-0.05, 0) is 24.3 Å². The molecule has 1 heterocycles. The fourth-order valence-electron chi connectivity index (χ4n) is 3.56. The zero-order chi connectivity index (χ0) is 18.3. The van der Waals surface area contributed by atoms with Gasteiger partial charge in [0.2, 0.25) is 0 Å². The van der Waals surface area contributed by atoms with Crippen LogP contribution in [0.4, 0.5) is 0 Å². The van der Waals surface area contributed by atoms with Crippen LogP contribution in [0.1, 0.15) is 37.1 Å². The molecule has 6 heteroatoms. The highest BCUT2D eigenvalue weighted by Gasteiger charge is 2.42. The summed E-state index contributed by atoms with van der Waals surface area (Å²) < 4.78 is 1.49. The van der Waals surface area contributed by atoms with Crippen molar-refractivity contribution in [3.63, 3.8) is 0 Å². The Kier molecular flexibility index (Phi) is 5.23. The number of benzene rings is 2. The highest BCUT2D eigenvalue weighted by Crippen LogP contribution is 2.45. The van der Waals surface area contributed by atoms with Crippen molar-refractivity contribution < 1.29 is 15.0 Å². The Morgan fingerprint density at radius 1 is 0.840 bits per heavy atom. The van der Waals surface area contributed by atoms with Crippen LogP contribution in [-0.4, -0.2) is 16.0 Å². The molecule has 4 nitrogen and oxygen atoms in total. The standard InChI is InChI=1S/C19H19Br2NO3/c1-9-17(15-11(20)5-3-7-13(15)23)22-18(10(2)19(9)25)16-12(21)6-4-8-14(16)24/h3-10,17-18,22-24H,1-2H3/t9-,10+,17-,18-/m1/s1. The van der Waals surface area contributed by atoms with Gasteiger partial charge >= 0.3 is 0 Å². The molecule has 3 N–H and O–H groups in total. The maximum absolute atomic E-state index is 12.9. The number of rotatable bonds is 2. The molecular formula is C19H19Br2NO3. The van der Waals surface area contributed by atoms with Crippen molar-refractivity contribution in [2.75, 3.05) is 0 Å². The lowest BCUT2D eigenvalue weighted by Crippen LogP contribution is -2.46. The summed E-state index contributed by atoms with van der Waals surface area (Å²) in [5, 5.41) is 24.2. The lowest BCUT2D eigenvalue weighted by Gasteiger charge is -2.40. The van der Waals surface area contributed by atoms with Crippen molar-refractivity contribution in [2.45, 2.75) is 25.9 Å². The molecule has 4 atom stereocenters. The van der Waals surface area contributed by atoms with Gasteiger partial charge in [0.1, 0.15) is 17.3 Å². The van der Waals surface area contributed by atoms with E-state index in [1.807, 2.05) is 26.0 Å². The first-order valence-electron chi connectivity index (χ1n) is 8.07. The van der Waals surface area contributed by atoms with E-state index in [9.17, 15) is 15.0 Å². The van der Waals surface area contributed by atoms with Crippen LogP contribution in [0.5, 0.6) is 11.5 Å². The second-order valence-electron chi connectivity index (χ2n) is 6.45. The molecule has 25 heavy (non-hydrogen) atoms. The molecule has 0 amide bonds. The average Bonchev–Trinajstić information content (AvgIpc) is 2.56. The van der Waals surface area contributed by atoms with Crippen molar-refractivity contribution in [1.82, 2.24) is 5.32 Å². The smallest absolute Gasteiger partial charge is 0.142 e. The predicted molar refractivity (Wildman–Crippen MR) is 104 cm³/mol. The summed E-state index contributed by atoms with van der Waals surface area (Å²) in [6.45, 7) is 3.73. The monoisotopic (exact) mass is 467 g/mol. The van der Waals surface area contributed by atoms with Gasteiger partial charge in [0, 0.05) is 44.0 Å². The van der Waals surface area contributed by atoms with Crippen molar-refractivity contribution in [3.05, 3.63) is 56.5 Å². The van der Waals surface area contributed by atoms with Gasteiger partial charge in [0.05, 0.1) is 0 Å². The van der Waals surface area contributed by atoms with Crippen LogP contribution in [-0.2, 0) is 4.79 Å². The number of phenols is 2. The largest absolute Gasteiger partial charge is 0.508 e. The predicted octanol–water partition coefficient (Wildman–Crippen LogP) is 4.85. The van der Waals surface area contributed by atoms with Gasteiger partial charge in [-0.3, -0.25) is 4.79 Å². The maximum Gasteiger partial charge on any atom is 0.142 e. The number of ketones is 1. The molecule has 0 unspecified atom stereocenters. The number of carbonyl (C=O) groups is 1. The SMILES string of the molecule is C[C@@H]1C(=O)[C@H](C)[C@H](c2c(O)cccc2Br)N[C@H]1c1c(O)cccc1Br. The summed E-state index contributed by atoms with van der Waals surface area (Å²) in [4.78, 5) is 12.9. The number of phenolic OH excluding ortho intramolecular Hbond substituents is 2. The molecule has 0 aliphatic carbocycles. The Morgan fingerprint density at radius 2 is 1.24 bits per heavy atom. The Balaban J connectivity index is 2.09. The van der Waals surface area contributed by atoms with E-state index in [1.54, 1.807) is 24.3 Å². The van der Waals surface area contributed by atoms with Crippen LogP contribution in [0.2, 0.25) is 0 Å². The number of halogens is 2. The number of hydrogen-bond acceptors (Lipinski definition) is 4. The summed E-state index contributed by atoms with van der Waals surface area (Å²) in [5.41, 5.74) is 1.32. The third-order valence-electron chi connectivity index (χ3n) is 4.94. The first-order valence-corrected chi connectivity index (χ1v) is 9.66. The lowest BCUT2D eigenvalue weighted by molar-refractivity contribution is -0.130. The van der Waals surface area contributed by atoms with Crippen molar-refractivity contribution >= 4 is 37.6 Å². The quantitative estimate of drug-likeness (QED) is 0.589. The zero-order valence-electron chi connectivity index (χ0n) is 13.8. The average molecular weight is 469 g/mol. The van der Waals surface area contributed by atoms with E-state index in [2.05, 4.69) is 37.2 Å². The van der Waals surface area contributed by atoms with E-state index in [-0.39, 0.29) is 41.2 Å². The summed E-state index contributed by atoms with van der Waals surface area (Å²) in [7, 11) is 0. The molecule has 0 bridgehead atoms. The molecule has 2 aromatic carbocycles. The summed E-state index contributed by atoms with van der Waals surface area (Å²) in [6, 6.07) is 9.68. The van der Waals surface area contributed by atoms with Crippen LogP contribution < -0.4 is 5.32 Å². The van der Waals surface area contributed by atoms with E-state index >= 15 is 0 Å². The maximum atomic E-state index is 12.9. The van der Waals surface area contributed by atoms with Gasteiger partial charge in [-0.2, -0.15) is 0 Å². The second kappa shape index (κ2) is 7.09. The highest BCUT2D eigenvalue weighted by atomic mass is 79.9. The molecule has 1 fully saturated rings. The van der Waals surface area contributed by atoms with Crippen LogP contribution in [0.25, 0.3) is 0 Å². The molecule has 0 spiro atoms. The van der Waals surface area contributed by atoms with Crippen molar-refractivity contribution in [3.8, 4) is 11.5 Å². The topological polar surface area (TPSA) is 69.6 Å². The highest BCUT2D eigenvalue weighted by molar-refractivity contribution is 9.10. The molecule has 2 aromatic rings. The number of nitrogens with one attached hydrogen (secondary N) is 1. The number of Topliss-reactive ketones (excluding diaryl/α,β-unsaturated/α-hetero) is 1. The second-order valence-corrected chi connectivity index (χ2v) is 8.16. The van der Waals surface area contributed by atoms with Gasteiger partial charge < -0.3 is 15.5 Å². The minimum absolute atomic E-state index is 0.0963. The molecule has 132 valence electrons. The van der Waals surface area contributed by atoms with Crippen molar-refractivity contribution in [2.24, 2.45) is 11.8 Å². The first-order chi connectivity index (χ1) is 11.8. The Hall–Kier alpha value is -1.37. The third kappa shape index (κ3) is 3.23. The molecule has 1 aliphatic heterocycles. The van der Waals surface area contributed by atoms with Crippen LogP contribution in [0.3, 0.4) is 0 Å². The Labute approximate surface area is 163 Å². The van der Waals surface area contributed by atoms with Gasteiger partial charge in [0.25, 0.3) is 0 Å². The first kappa shape index (κ1) is 18.4. The molecule has 1 aliphatic rings. The van der Waals surface area contributed by atoms with E-state index in [0.29, 0.717) is 11.1 Å². The lowest BCUT2D eigenvalue weighted by atomic mass is 9.76. The van der Waals surface area contributed by atoms with Gasteiger partial charge in [0.15, 0.2) is 0 Å². The summed E-state index contributed by atoms with van der Waals surface area (Å²) >= 11 is 6.96. The fourth-order valence-corrected chi connectivity index (χ4v) is 4.76. The van der Waals surface area contributed by atoms with E-state index in [4.69, 9.17) is 0 Å². The molecular weight excluding hydrogens is 450 g/mol. The van der Waals surface area contributed by atoms with Crippen molar-refractivity contribution in [1.29, 1.82) is 0 Å². The molecule has 0 saturated carbocycles. The number of aromatic hydroxyl groups is 2. The molecule has 1 saturated heterocycles. The third-order valence-corrected chi connectivity index (χ3v) is 6.32. The van der Waals surface area contributed by atoms with Gasteiger partial charge in [-0.25, -0.2) is 0 Å². The summed E-state index contributed by atoms with van der Waals surface area (Å²) in [6.07, 6.45) is 0. The fraction of sp³-hybridized carbons (Fsp3) is 0.316. The number of hydrogen-bond donors (Lipinski definition) is 3. The zero-order valence-corrected chi connectivity index (χ0v) is 17.0. The van der Waals surface area contributed by atoms with E-state index in [1.165, 1.54) is 0 Å². The van der Waals surface area contributed by atoms with E-state index < -0.39 is 0 Å². The molecule has 0 radical (unpaired) electrons. The summed E-state index contributed by atoms with van der Waals surface area (Å²) in [5.74, 6) is -0.243. The minimum Gasteiger partial charge on any atom is -0.508 e. The van der Waals surface area contributed by atoms with Crippen LogP contribution >= 0.6 is 31.9 Å². The Morgan fingerprint density at radius 3 is 1.60 bits per heavy atom. The van der Waals surface area contributed by atoms with Crippen LogP contribution in [0, 0.1) is 11.8 Å². The number of piperidine rings is 1. The number of carbonyl (C=O) groups excluding carboxylic acids is 1. The van der Waals surface area contributed by atoms with Gasteiger partial charge in [-0.1, -0.05) is 57.8 Å². The van der Waals surface area contributed by atoms with E-state index in [0.717, 1.165) is 8.95 Å². The normalized spacial score (nSPS) is 26.6. The minimum atomic E-state index is -0.365. The molecule has 0 aromatic heterocycles. The Bertz CT molecular complexity index is 718. The van der Waals surface area contributed by atoms with Crippen LogP contribution in [0.15, 0.2) is 45.3 Å². The molecule has 3 rings (SSSR count). The van der Waals surface area contributed by atoms with Gasteiger partial charge in [-0.15, -0.1) is 0 Å².